The number of nitro benzene ring substituents is 1. The molecular weight excluding hydrogens is 424 g/mol. The molecule has 33 heavy (non-hydrogen) atoms. The van der Waals surface area contributed by atoms with Crippen LogP contribution in [0.4, 0.5) is 29.2 Å². The monoisotopic (exact) mass is 444 g/mol. The van der Waals surface area contributed by atoms with Crippen LogP contribution >= 0.6 is 0 Å². The zero-order chi connectivity index (χ0) is 23.2. The zero-order valence-electron chi connectivity index (χ0n) is 17.6. The number of rotatable bonds is 8. The number of hydrazone groups is 1. The molecule has 11 nitrogen and oxygen atoms in total. The van der Waals surface area contributed by atoms with Crippen LogP contribution in [-0.4, -0.2) is 37.7 Å². The van der Waals surface area contributed by atoms with Gasteiger partial charge in [-0.15, -0.1) is 0 Å². The molecule has 0 atom stereocenters. The number of non-ortho nitro benzene ring substituents is 1. The number of anilines is 4. The first-order valence-electron chi connectivity index (χ1n) is 10.0. The predicted molar refractivity (Wildman–Crippen MR) is 127 cm³/mol. The van der Waals surface area contributed by atoms with Gasteiger partial charge in [0.2, 0.25) is 17.8 Å². The standard InChI is InChI=1S/C22H20N8O3/c1-2-23-20-26-21(25-15-8-10-16(11-9-15)30(32)33)28-22(27-20)29-24-13-18-17-6-4-3-5-14(17)7-12-19(18)31/h3-13,31H,2H2,1H3,(H3,23,25,26,27,28,29)/b24-13+. The topological polar surface area (TPSA) is 150 Å². The average Bonchev–Trinajstić information content (AvgIpc) is 2.81. The van der Waals surface area contributed by atoms with Crippen molar-refractivity contribution in [3.63, 3.8) is 0 Å². The maximum atomic E-state index is 10.8. The number of aromatic hydroxyl groups is 1. The smallest absolute Gasteiger partial charge is 0.269 e. The number of phenolic OH excluding ortho intramolecular Hbond substituents is 1. The molecule has 0 aliphatic rings. The fourth-order valence-corrected chi connectivity index (χ4v) is 3.09. The summed E-state index contributed by atoms with van der Waals surface area (Å²) in [5, 5.41) is 33.1. The molecule has 3 aromatic carbocycles. The van der Waals surface area contributed by atoms with Crippen LogP contribution in [0.3, 0.4) is 0 Å². The van der Waals surface area contributed by atoms with Crippen molar-refractivity contribution in [1.29, 1.82) is 0 Å². The third-order valence-corrected chi connectivity index (χ3v) is 4.61. The summed E-state index contributed by atoms with van der Waals surface area (Å²) in [6, 6.07) is 17.0. The summed E-state index contributed by atoms with van der Waals surface area (Å²) >= 11 is 0. The number of nitrogens with one attached hydrogen (secondary N) is 3. The van der Waals surface area contributed by atoms with E-state index in [2.05, 4.69) is 36.1 Å². The third-order valence-electron chi connectivity index (χ3n) is 4.61. The Morgan fingerprint density at radius 1 is 1.00 bits per heavy atom. The molecule has 4 rings (SSSR count). The normalized spacial score (nSPS) is 10.9. The number of aromatic nitrogens is 3. The maximum Gasteiger partial charge on any atom is 0.269 e. The van der Waals surface area contributed by atoms with Crippen molar-refractivity contribution in [3.8, 4) is 5.75 Å². The van der Waals surface area contributed by atoms with Gasteiger partial charge in [0.15, 0.2) is 0 Å². The summed E-state index contributed by atoms with van der Waals surface area (Å²) < 4.78 is 0. The maximum absolute atomic E-state index is 10.8. The molecular formula is C22H20N8O3. The van der Waals surface area contributed by atoms with E-state index in [1.807, 2.05) is 37.3 Å². The minimum atomic E-state index is -0.468. The summed E-state index contributed by atoms with van der Waals surface area (Å²) in [5.41, 5.74) is 3.88. The lowest BCUT2D eigenvalue weighted by atomic mass is 10.0. The van der Waals surface area contributed by atoms with Crippen LogP contribution in [0.1, 0.15) is 12.5 Å². The van der Waals surface area contributed by atoms with E-state index in [9.17, 15) is 15.2 Å². The van der Waals surface area contributed by atoms with Crippen LogP contribution in [0.15, 0.2) is 65.8 Å². The highest BCUT2D eigenvalue weighted by molar-refractivity contribution is 6.02. The number of benzene rings is 3. The highest BCUT2D eigenvalue weighted by Gasteiger charge is 2.09. The Bertz CT molecular complexity index is 1330. The Balaban J connectivity index is 1.57. The van der Waals surface area contributed by atoms with Crippen LogP contribution in [-0.2, 0) is 0 Å². The van der Waals surface area contributed by atoms with Crippen molar-refractivity contribution in [2.24, 2.45) is 5.10 Å². The van der Waals surface area contributed by atoms with Crippen molar-refractivity contribution >= 4 is 46.2 Å². The number of nitro groups is 1. The molecule has 1 heterocycles. The first-order chi connectivity index (χ1) is 16.0. The van der Waals surface area contributed by atoms with Gasteiger partial charge < -0.3 is 15.7 Å². The van der Waals surface area contributed by atoms with Gasteiger partial charge in [0.25, 0.3) is 5.69 Å². The Hall–Kier alpha value is -4.80. The summed E-state index contributed by atoms with van der Waals surface area (Å²) in [7, 11) is 0. The summed E-state index contributed by atoms with van der Waals surface area (Å²) in [4.78, 5) is 23.2. The second-order valence-corrected chi connectivity index (χ2v) is 6.86. The van der Waals surface area contributed by atoms with Gasteiger partial charge in [-0.05, 0) is 35.9 Å². The van der Waals surface area contributed by atoms with E-state index in [0.29, 0.717) is 23.7 Å². The van der Waals surface area contributed by atoms with E-state index >= 15 is 0 Å². The van der Waals surface area contributed by atoms with Crippen molar-refractivity contribution in [1.82, 2.24) is 15.0 Å². The van der Waals surface area contributed by atoms with Crippen molar-refractivity contribution < 1.29 is 10.0 Å². The first kappa shape index (κ1) is 21.4. The summed E-state index contributed by atoms with van der Waals surface area (Å²) in [6.07, 6.45) is 1.50. The summed E-state index contributed by atoms with van der Waals surface area (Å²) in [5.74, 6) is 0.813. The molecule has 0 radical (unpaired) electrons. The second-order valence-electron chi connectivity index (χ2n) is 6.86. The highest BCUT2D eigenvalue weighted by Crippen LogP contribution is 2.25. The molecule has 166 valence electrons. The lowest BCUT2D eigenvalue weighted by Gasteiger charge is -2.09. The predicted octanol–water partition coefficient (Wildman–Crippen LogP) is 4.26. The fourth-order valence-electron chi connectivity index (χ4n) is 3.09. The van der Waals surface area contributed by atoms with Crippen molar-refractivity contribution in [2.45, 2.75) is 6.92 Å². The molecule has 1 aromatic heterocycles. The molecule has 0 spiro atoms. The minimum Gasteiger partial charge on any atom is -0.507 e. The molecule has 0 saturated heterocycles. The van der Waals surface area contributed by atoms with Crippen LogP contribution in [0.2, 0.25) is 0 Å². The third kappa shape index (κ3) is 5.10. The molecule has 0 saturated carbocycles. The SMILES string of the molecule is CCNc1nc(N/N=C/c2c(O)ccc3ccccc23)nc(Nc2ccc([N+](=O)[O-])cc2)n1. The molecule has 0 bridgehead atoms. The van der Waals surface area contributed by atoms with Gasteiger partial charge in [-0.2, -0.15) is 20.1 Å². The molecule has 4 aromatic rings. The van der Waals surface area contributed by atoms with E-state index < -0.39 is 4.92 Å². The van der Waals surface area contributed by atoms with E-state index in [4.69, 9.17) is 0 Å². The minimum absolute atomic E-state index is 0.0158. The van der Waals surface area contributed by atoms with Crippen molar-refractivity contribution in [2.75, 3.05) is 22.6 Å². The van der Waals surface area contributed by atoms with Crippen molar-refractivity contribution in [3.05, 3.63) is 76.3 Å². The highest BCUT2D eigenvalue weighted by atomic mass is 16.6. The Morgan fingerprint density at radius 3 is 2.48 bits per heavy atom. The fraction of sp³-hybridized carbons (Fsp3) is 0.0909. The van der Waals surface area contributed by atoms with Gasteiger partial charge in [0, 0.05) is 29.9 Å². The molecule has 4 N–H and O–H groups in total. The zero-order valence-corrected chi connectivity index (χ0v) is 17.6. The van der Waals surface area contributed by atoms with Crippen LogP contribution in [0.5, 0.6) is 5.75 Å². The number of hydrogen-bond donors (Lipinski definition) is 4. The Labute approximate surface area is 188 Å². The molecule has 0 amide bonds. The lowest BCUT2D eigenvalue weighted by Crippen LogP contribution is -2.09. The second kappa shape index (κ2) is 9.56. The van der Waals surface area contributed by atoms with E-state index in [1.165, 1.54) is 18.3 Å². The first-order valence-corrected chi connectivity index (χ1v) is 10.0. The van der Waals surface area contributed by atoms with Crippen LogP contribution in [0.25, 0.3) is 10.8 Å². The van der Waals surface area contributed by atoms with Gasteiger partial charge in [0.05, 0.1) is 11.1 Å². The summed E-state index contributed by atoms with van der Waals surface area (Å²) in [6.45, 7) is 2.50. The number of fused-ring (bicyclic) bond motifs is 1. The lowest BCUT2D eigenvalue weighted by molar-refractivity contribution is -0.384. The van der Waals surface area contributed by atoms with Crippen LogP contribution < -0.4 is 16.1 Å². The van der Waals surface area contributed by atoms with Gasteiger partial charge >= 0.3 is 0 Å². The van der Waals surface area contributed by atoms with Crippen LogP contribution in [0, 0.1) is 10.1 Å². The largest absolute Gasteiger partial charge is 0.507 e. The van der Waals surface area contributed by atoms with Gasteiger partial charge in [-0.1, -0.05) is 30.3 Å². The molecule has 0 fully saturated rings. The average molecular weight is 444 g/mol. The number of phenols is 1. The Kier molecular flexibility index (Phi) is 6.21. The van der Waals surface area contributed by atoms with Gasteiger partial charge in [-0.25, -0.2) is 5.43 Å². The Morgan fingerprint density at radius 2 is 1.73 bits per heavy atom. The molecule has 0 aliphatic heterocycles. The quantitative estimate of drug-likeness (QED) is 0.177. The van der Waals surface area contributed by atoms with E-state index in [0.717, 1.165) is 10.8 Å². The molecule has 0 aliphatic carbocycles. The van der Waals surface area contributed by atoms with E-state index in [1.54, 1.807) is 18.2 Å². The number of hydrogen-bond acceptors (Lipinski definition) is 10. The number of nitrogens with zero attached hydrogens (tertiary/aromatic N) is 5. The molecule has 0 unspecified atom stereocenters. The molecule has 11 heteroatoms. The van der Waals surface area contributed by atoms with Gasteiger partial charge in [-0.3, -0.25) is 10.1 Å². The van der Waals surface area contributed by atoms with E-state index in [-0.39, 0.29) is 23.3 Å². The van der Waals surface area contributed by atoms with Gasteiger partial charge in [0.1, 0.15) is 5.75 Å².